The molecule has 104 valence electrons. The van der Waals surface area contributed by atoms with Crippen LogP contribution in [0, 0.1) is 13.8 Å². The average Bonchev–Trinajstić information content (AvgIpc) is 2.95. The number of nitrogens with zero attached hydrogens (tertiary/aromatic N) is 2. The zero-order valence-electron chi connectivity index (χ0n) is 11.9. The summed E-state index contributed by atoms with van der Waals surface area (Å²) in [6.45, 7) is 5.73. The Labute approximate surface area is 123 Å². The lowest BCUT2D eigenvalue weighted by atomic mass is 10.1. The van der Waals surface area contributed by atoms with Crippen LogP contribution in [0.2, 0.25) is 0 Å². The highest BCUT2D eigenvalue weighted by atomic mass is 32.1. The van der Waals surface area contributed by atoms with E-state index in [1.165, 1.54) is 26.4 Å². The molecule has 0 radical (unpaired) electrons. The predicted octanol–water partition coefficient (Wildman–Crippen LogP) is 3.26. The third kappa shape index (κ3) is 2.49. The number of aryl methyl sites for hydroxylation is 2. The van der Waals surface area contributed by atoms with Crippen LogP contribution in [0.25, 0.3) is 10.9 Å². The van der Waals surface area contributed by atoms with Gasteiger partial charge in [-0.05, 0) is 49.9 Å². The van der Waals surface area contributed by atoms with Gasteiger partial charge in [-0.2, -0.15) is 0 Å². The van der Waals surface area contributed by atoms with E-state index in [1.54, 1.807) is 11.3 Å². The number of hydrogen-bond acceptors (Lipinski definition) is 3. The zero-order chi connectivity index (χ0) is 14.1. The van der Waals surface area contributed by atoms with Crippen molar-refractivity contribution in [3.05, 3.63) is 51.6 Å². The van der Waals surface area contributed by atoms with Gasteiger partial charge < -0.3 is 10.3 Å². The first kappa shape index (κ1) is 13.3. The summed E-state index contributed by atoms with van der Waals surface area (Å²) in [5.74, 6) is 0. The summed E-state index contributed by atoms with van der Waals surface area (Å²) in [5, 5.41) is 2.44. The van der Waals surface area contributed by atoms with Crippen molar-refractivity contribution in [2.45, 2.75) is 26.8 Å². The van der Waals surface area contributed by atoms with Gasteiger partial charge in [0.1, 0.15) is 5.01 Å². The fourth-order valence-corrected chi connectivity index (χ4v) is 3.38. The fraction of sp³-hybridized carbons (Fsp3) is 0.312. The van der Waals surface area contributed by atoms with Crippen molar-refractivity contribution in [3.63, 3.8) is 0 Å². The summed E-state index contributed by atoms with van der Waals surface area (Å²) in [7, 11) is 0. The van der Waals surface area contributed by atoms with Gasteiger partial charge in [0.15, 0.2) is 0 Å². The molecule has 0 spiro atoms. The van der Waals surface area contributed by atoms with Gasteiger partial charge in [0.2, 0.25) is 0 Å². The van der Waals surface area contributed by atoms with Crippen LogP contribution >= 0.6 is 11.3 Å². The van der Waals surface area contributed by atoms with Gasteiger partial charge in [0.25, 0.3) is 0 Å². The second-order valence-corrected chi connectivity index (χ2v) is 6.41. The molecule has 2 aromatic heterocycles. The molecule has 0 aliphatic heterocycles. The van der Waals surface area contributed by atoms with Crippen LogP contribution in [0.5, 0.6) is 0 Å². The molecule has 2 N–H and O–H groups in total. The third-order valence-corrected chi connectivity index (χ3v) is 4.71. The SMILES string of the molecule is Cc1nc(Cn2ccc3ccc(CCN)cc32)sc1C. The number of hydrogen-bond donors (Lipinski definition) is 1. The first-order chi connectivity index (χ1) is 9.67. The van der Waals surface area contributed by atoms with E-state index in [9.17, 15) is 0 Å². The molecule has 0 saturated carbocycles. The second-order valence-electron chi connectivity index (χ2n) is 5.12. The van der Waals surface area contributed by atoms with Crippen LogP contribution in [0.3, 0.4) is 0 Å². The van der Waals surface area contributed by atoms with Gasteiger partial charge in [-0.15, -0.1) is 11.3 Å². The summed E-state index contributed by atoms with van der Waals surface area (Å²) in [6.07, 6.45) is 3.07. The highest BCUT2D eigenvalue weighted by Crippen LogP contribution is 2.22. The fourth-order valence-electron chi connectivity index (χ4n) is 2.44. The summed E-state index contributed by atoms with van der Waals surface area (Å²) < 4.78 is 2.27. The monoisotopic (exact) mass is 285 g/mol. The molecule has 3 rings (SSSR count). The third-order valence-electron chi connectivity index (χ3n) is 3.65. The average molecular weight is 285 g/mol. The van der Waals surface area contributed by atoms with Crippen LogP contribution in [-0.2, 0) is 13.0 Å². The van der Waals surface area contributed by atoms with Crippen LogP contribution in [0.15, 0.2) is 30.5 Å². The van der Waals surface area contributed by atoms with Crippen molar-refractivity contribution >= 4 is 22.2 Å². The quantitative estimate of drug-likeness (QED) is 0.799. The lowest BCUT2D eigenvalue weighted by molar-refractivity contribution is 0.823. The van der Waals surface area contributed by atoms with E-state index in [4.69, 9.17) is 5.73 Å². The zero-order valence-corrected chi connectivity index (χ0v) is 12.7. The molecule has 1 aromatic carbocycles. The highest BCUT2D eigenvalue weighted by Gasteiger charge is 2.07. The van der Waals surface area contributed by atoms with Crippen LogP contribution in [0.1, 0.15) is 21.1 Å². The predicted molar refractivity (Wildman–Crippen MR) is 85.4 cm³/mol. The lowest BCUT2D eigenvalue weighted by Gasteiger charge is -2.05. The molecule has 0 aliphatic rings. The normalized spacial score (nSPS) is 11.3. The van der Waals surface area contributed by atoms with Gasteiger partial charge in [0.05, 0.1) is 12.2 Å². The van der Waals surface area contributed by atoms with E-state index in [-0.39, 0.29) is 0 Å². The number of nitrogens with two attached hydrogens (primary N) is 1. The van der Waals surface area contributed by atoms with Crippen molar-refractivity contribution in [3.8, 4) is 0 Å². The Kier molecular flexibility index (Phi) is 3.59. The van der Waals surface area contributed by atoms with Crippen molar-refractivity contribution in [2.24, 2.45) is 5.73 Å². The molecule has 0 atom stereocenters. The molecule has 0 unspecified atom stereocenters. The largest absolute Gasteiger partial charge is 0.341 e. The molecule has 0 amide bonds. The summed E-state index contributed by atoms with van der Waals surface area (Å²) in [6, 6.07) is 8.75. The van der Waals surface area contributed by atoms with E-state index < -0.39 is 0 Å². The maximum absolute atomic E-state index is 5.65. The van der Waals surface area contributed by atoms with E-state index in [1.807, 2.05) is 0 Å². The van der Waals surface area contributed by atoms with Gasteiger partial charge >= 0.3 is 0 Å². The second kappa shape index (κ2) is 5.38. The first-order valence-electron chi connectivity index (χ1n) is 6.88. The van der Waals surface area contributed by atoms with Gasteiger partial charge in [0, 0.05) is 16.6 Å². The minimum absolute atomic E-state index is 0.692. The molecular weight excluding hydrogens is 266 g/mol. The van der Waals surface area contributed by atoms with Gasteiger partial charge in [-0.25, -0.2) is 4.98 Å². The molecule has 2 heterocycles. The van der Waals surface area contributed by atoms with Crippen molar-refractivity contribution in [2.75, 3.05) is 6.54 Å². The van der Waals surface area contributed by atoms with E-state index >= 15 is 0 Å². The standard InChI is InChI=1S/C16H19N3S/c1-11-12(2)20-16(18-11)10-19-8-6-14-4-3-13(5-7-17)9-15(14)19/h3-4,6,8-9H,5,7,10,17H2,1-2H3. The van der Waals surface area contributed by atoms with Crippen LogP contribution < -0.4 is 5.73 Å². The number of thiazole rings is 1. The molecule has 0 fully saturated rings. The molecule has 0 saturated heterocycles. The number of fused-ring (bicyclic) bond motifs is 1. The van der Waals surface area contributed by atoms with Crippen molar-refractivity contribution in [1.82, 2.24) is 9.55 Å². The molecule has 20 heavy (non-hydrogen) atoms. The molecular formula is C16H19N3S. The van der Waals surface area contributed by atoms with Crippen LogP contribution in [-0.4, -0.2) is 16.1 Å². The Hall–Kier alpha value is -1.65. The van der Waals surface area contributed by atoms with E-state index in [2.05, 4.69) is 53.9 Å². The Morgan fingerprint density at radius 3 is 2.80 bits per heavy atom. The molecule has 4 heteroatoms. The lowest BCUT2D eigenvalue weighted by Crippen LogP contribution is -2.03. The topological polar surface area (TPSA) is 43.8 Å². The molecule has 0 bridgehead atoms. The van der Waals surface area contributed by atoms with Gasteiger partial charge in [-0.1, -0.05) is 12.1 Å². The highest BCUT2D eigenvalue weighted by molar-refractivity contribution is 7.11. The Balaban J connectivity index is 1.96. The Morgan fingerprint density at radius 2 is 2.10 bits per heavy atom. The van der Waals surface area contributed by atoms with E-state index in [0.29, 0.717) is 6.54 Å². The van der Waals surface area contributed by atoms with Crippen molar-refractivity contribution in [1.29, 1.82) is 0 Å². The van der Waals surface area contributed by atoms with E-state index in [0.717, 1.165) is 18.7 Å². The molecule has 0 aliphatic carbocycles. The van der Waals surface area contributed by atoms with Crippen LogP contribution in [0.4, 0.5) is 0 Å². The van der Waals surface area contributed by atoms with Crippen molar-refractivity contribution < 1.29 is 0 Å². The summed E-state index contributed by atoms with van der Waals surface area (Å²) >= 11 is 1.78. The summed E-state index contributed by atoms with van der Waals surface area (Å²) in [4.78, 5) is 5.93. The Morgan fingerprint density at radius 1 is 1.25 bits per heavy atom. The minimum atomic E-state index is 0.692. The first-order valence-corrected chi connectivity index (χ1v) is 7.70. The smallest absolute Gasteiger partial charge is 0.113 e. The molecule has 3 nitrogen and oxygen atoms in total. The summed E-state index contributed by atoms with van der Waals surface area (Å²) in [5.41, 5.74) is 9.35. The Bertz CT molecular complexity index is 720. The number of aromatic nitrogens is 2. The maximum Gasteiger partial charge on any atom is 0.113 e. The molecule has 3 aromatic rings. The number of rotatable bonds is 4. The van der Waals surface area contributed by atoms with Gasteiger partial charge in [-0.3, -0.25) is 0 Å². The maximum atomic E-state index is 5.65. The minimum Gasteiger partial charge on any atom is -0.341 e. The number of benzene rings is 1.